The van der Waals surface area contributed by atoms with Gasteiger partial charge in [-0.15, -0.1) is 11.3 Å². The van der Waals surface area contributed by atoms with Crippen LogP contribution in [0.4, 0.5) is 5.00 Å². The standard InChI is InChI=1S/C27H25N3O4S/c1-3-16-8-10-17(11-9-16)24(31)28-25-23(27(33)34)19-12-13-30(15-22(19)35-25)26(32)20-14-29(2)21-7-5-4-6-18(20)21/h4-11,14H,3,12-13,15H2,1-2H3,(H,28,31)(H,33,34). The molecule has 0 aliphatic carbocycles. The second-order valence-corrected chi connectivity index (χ2v) is 9.77. The van der Waals surface area contributed by atoms with E-state index < -0.39 is 5.97 Å². The molecular formula is C27H25N3O4S. The van der Waals surface area contributed by atoms with E-state index in [2.05, 4.69) is 5.32 Å². The van der Waals surface area contributed by atoms with Gasteiger partial charge in [0.1, 0.15) is 5.00 Å². The van der Waals surface area contributed by atoms with Gasteiger partial charge < -0.3 is 19.9 Å². The van der Waals surface area contributed by atoms with Crippen molar-refractivity contribution in [3.63, 3.8) is 0 Å². The normalized spacial score (nSPS) is 13.0. The molecule has 0 saturated heterocycles. The first-order valence-corrected chi connectivity index (χ1v) is 12.3. The van der Waals surface area contributed by atoms with E-state index in [1.165, 1.54) is 11.3 Å². The number of anilines is 1. The van der Waals surface area contributed by atoms with Crippen LogP contribution in [0.5, 0.6) is 0 Å². The number of rotatable bonds is 5. The maximum absolute atomic E-state index is 13.4. The molecule has 1 aliphatic heterocycles. The lowest BCUT2D eigenvalue weighted by atomic mass is 10.0. The Morgan fingerprint density at radius 1 is 1.09 bits per heavy atom. The van der Waals surface area contributed by atoms with Crippen LogP contribution in [0.2, 0.25) is 0 Å². The van der Waals surface area contributed by atoms with Crippen molar-refractivity contribution in [1.82, 2.24) is 9.47 Å². The number of thiophene rings is 1. The second-order valence-electron chi connectivity index (χ2n) is 8.67. The Morgan fingerprint density at radius 3 is 2.54 bits per heavy atom. The predicted octanol–water partition coefficient (Wildman–Crippen LogP) is 4.95. The Morgan fingerprint density at radius 2 is 1.83 bits per heavy atom. The minimum Gasteiger partial charge on any atom is -0.478 e. The summed E-state index contributed by atoms with van der Waals surface area (Å²) in [4.78, 5) is 40.9. The number of aromatic carboxylic acids is 1. The molecular weight excluding hydrogens is 462 g/mol. The van der Waals surface area contributed by atoms with Gasteiger partial charge in [-0.1, -0.05) is 37.3 Å². The number of nitrogens with one attached hydrogen (secondary N) is 1. The van der Waals surface area contributed by atoms with Crippen LogP contribution < -0.4 is 5.32 Å². The lowest BCUT2D eigenvalue weighted by molar-refractivity contribution is 0.0696. The SMILES string of the molecule is CCc1ccc(C(=O)Nc2sc3c(c2C(=O)O)CCN(C(=O)c2cn(C)c4ccccc24)C3)cc1. The summed E-state index contributed by atoms with van der Waals surface area (Å²) < 4.78 is 1.94. The molecule has 0 unspecified atom stereocenters. The van der Waals surface area contributed by atoms with Gasteiger partial charge in [-0.2, -0.15) is 0 Å². The van der Waals surface area contributed by atoms with Crippen LogP contribution in [-0.2, 0) is 26.4 Å². The molecule has 2 N–H and O–H groups in total. The van der Waals surface area contributed by atoms with Crippen LogP contribution >= 0.6 is 11.3 Å². The van der Waals surface area contributed by atoms with Gasteiger partial charge in [-0.3, -0.25) is 9.59 Å². The van der Waals surface area contributed by atoms with Gasteiger partial charge >= 0.3 is 5.97 Å². The number of hydrogen-bond acceptors (Lipinski definition) is 4. The fourth-order valence-corrected chi connectivity index (χ4v) is 5.89. The van der Waals surface area contributed by atoms with E-state index >= 15 is 0 Å². The Balaban J connectivity index is 1.42. The molecule has 4 aromatic rings. The van der Waals surface area contributed by atoms with Crippen molar-refractivity contribution in [2.24, 2.45) is 7.05 Å². The zero-order valence-electron chi connectivity index (χ0n) is 19.5. The van der Waals surface area contributed by atoms with Crippen molar-refractivity contribution in [2.75, 3.05) is 11.9 Å². The molecule has 0 fully saturated rings. The van der Waals surface area contributed by atoms with Crippen molar-refractivity contribution in [3.05, 3.63) is 87.4 Å². The number of carboxylic acid groups (broad SMARTS) is 1. The number of aryl methyl sites for hydroxylation is 2. The highest BCUT2D eigenvalue weighted by Gasteiger charge is 2.31. The fraction of sp³-hybridized carbons (Fsp3) is 0.222. The molecule has 35 heavy (non-hydrogen) atoms. The van der Waals surface area contributed by atoms with Gasteiger partial charge in [0, 0.05) is 41.1 Å². The Labute approximate surface area is 206 Å². The van der Waals surface area contributed by atoms with E-state index in [0.717, 1.165) is 27.8 Å². The molecule has 0 atom stereocenters. The molecule has 7 nitrogen and oxygen atoms in total. The highest BCUT2D eigenvalue weighted by atomic mass is 32.1. The van der Waals surface area contributed by atoms with Crippen LogP contribution in [-0.4, -0.2) is 38.9 Å². The molecule has 0 radical (unpaired) electrons. The first-order chi connectivity index (χ1) is 16.9. The molecule has 178 valence electrons. The van der Waals surface area contributed by atoms with Crippen LogP contribution in [0.1, 0.15) is 54.0 Å². The van der Waals surface area contributed by atoms with E-state index in [0.29, 0.717) is 41.2 Å². The van der Waals surface area contributed by atoms with Crippen molar-refractivity contribution < 1.29 is 19.5 Å². The van der Waals surface area contributed by atoms with Gasteiger partial charge in [0.15, 0.2) is 0 Å². The van der Waals surface area contributed by atoms with Gasteiger partial charge in [0.05, 0.1) is 17.7 Å². The number of fused-ring (bicyclic) bond motifs is 2. The van der Waals surface area contributed by atoms with E-state index in [-0.39, 0.29) is 17.4 Å². The Hall–Kier alpha value is -3.91. The molecule has 1 aliphatic rings. The summed E-state index contributed by atoms with van der Waals surface area (Å²) in [6.45, 7) is 2.76. The molecule has 2 amide bonds. The fourth-order valence-electron chi connectivity index (χ4n) is 4.64. The monoisotopic (exact) mass is 487 g/mol. The number of aromatic nitrogens is 1. The smallest absolute Gasteiger partial charge is 0.339 e. The summed E-state index contributed by atoms with van der Waals surface area (Å²) in [6.07, 6.45) is 3.14. The number of benzene rings is 2. The molecule has 2 aromatic carbocycles. The van der Waals surface area contributed by atoms with Gasteiger partial charge in [0.2, 0.25) is 0 Å². The first-order valence-electron chi connectivity index (χ1n) is 11.5. The summed E-state index contributed by atoms with van der Waals surface area (Å²) >= 11 is 1.23. The average molecular weight is 488 g/mol. The van der Waals surface area contributed by atoms with Gasteiger partial charge in [0.25, 0.3) is 11.8 Å². The minimum absolute atomic E-state index is 0.0840. The van der Waals surface area contributed by atoms with Crippen LogP contribution in [0.15, 0.2) is 54.7 Å². The second kappa shape index (κ2) is 9.03. The maximum atomic E-state index is 13.4. The zero-order chi connectivity index (χ0) is 24.7. The van der Waals surface area contributed by atoms with Gasteiger partial charge in [-0.05, 0) is 42.2 Å². The molecule has 2 aromatic heterocycles. The summed E-state index contributed by atoms with van der Waals surface area (Å²) in [5, 5.41) is 13.9. The lowest BCUT2D eigenvalue weighted by Crippen LogP contribution is -2.35. The van der Waals surface area contributed by atoms with Crippen LogP contribution in [0, 0.1) is 0 Å². The van der Waals surface area contributed by atoms with Gasteiger partial charge in [-0.25, -0.2) is 4.79 Å². The molecule has 3 heterocycles. The van der Waals surface area contributed by atoms with Crippen LogP contribution in [0.3, 0.4) is 0 Å². The minimum atomic E-state index is -1.08. The Kier molecular flexibility index (Phi) is 5.90. The lowest BCUT2D eigenvalue weighted by Gasteiger charge is -2.27. The molecule has 0 bridgehead atoms. The van der Waals surface area contributed by atoms with E-state index in [9.17, 15) is 19.5 Å². The van der Waals surface area contributed by atoms with Crippen molar-refractivity contribution >= 4 is 45.0 Å². The quantitative estimate of drug-likeness (QED) is 0.417. The highest BCUT2D eigenvalue weighted by Crippen LogP contribution is 2.38. The third kappa shape index (κ3) is 4.10. The third-order valence-electron chi connectivity index (χ3n) is 6.54. The number of hydrogen-bond donors (Lipinski definition) is 2. The summed E-state index contributed by atoms with van der Waals surface area (Å²) in [6, 6.07) is 15.0. The van der Waals surface area contributed by atoms with E-state index in [1.807, 2.05) is 61.1 Å². The van der Waals surface area contributed by atoms with Crippen LogP contribution in [0.25, 0.3) is 10.9 Å². The number of nitrogens with zero attached hydrogens (tertiary/aromatic N) is 2. The highest BCUT2D eigenvalue weighted by molar-refractivity contribution is 7.17. The van der Waals surface area contributed by atoms with Crippen molar-refractivity contribution in [2.45, 2.75) is 26.3 Å². The summed E-state index contributed by atoms with van der Waals surface area (Å²) in [7, 11) is 1.91. The maximum Gasteiger partial charge on any atom is 0.339 e. The first kappa shape index (κ1) is 22.9. The number of amides is 2. The number of para-hydroxylation sites is 1. The Bertz CT molecular complexity index is 1470. The summed E-state index contributed by atoms with van der Waals surface area (Å²) in [5.41, 5.74) is 4.02. The molecule has 5 rings (SSSR count). The largest absolute Gasteiger partial charge is 0.478 e. The number of carbonyl (C=O) groups excluding carboxylic acids is 2. The zero-order valence-corrected chi connectivity index (χ0v) is 20.3. The van der Waals surface area contributed by atoms with E-state index in [4.69, 9.17) is 0 Å². The molecule has 0 saturated carbocycles. The van der Waals surface area contributed by atoms with Crippen molar-refractivity contribution in [1.29, 1.82) is 0 Å². The van der Waals surface area contributed by atoms with Crippen molar-refractivity contribution in [3.8, 4) is 0 Å². The van der Waals surface area contributed by atoms with E-state index in [1.54, 1.807) is 17.0 Å². The average Bonchev–Trinajstić information content (AvgIpc) is 3.40. The number of carboxylic acids is 1. The predicted molar refractivity (Wildman–Crippen MR) is 136 cm³/mol. The molecule has 0 spiro atoms. The number of carbonyl (C=O) groups is 3. The third-order valence-corrected chi connectivity index (χ3v) is 7.67. The summed E-state index contributed by atoms with van der Waals surface area (Å²) in [5.74, 6) is -1.51. The topological polar surface area (TPSA) is 91.6 Å². The molecule has 8 heteroatoms.